The third kappa shape index (κ3) is 4.09. The highest BCUT2D eigenvalue weighted by Crippen LogP contribution is 2.18. The zero-order chi connectivity index (χ0) is 12.1. The summed E-state index contributed by atoms with van der Waals surface area (Å²) in [6.45, 7) is 2.54. The Morgan fingerprint density at radius 2 is 2.00 bits per heavy atom. The Bertz CT molecular complexity index is 264. The lowest BCUT2D eigenvalue weighted by Gasteiger charge is -2.32. The van der Waals surface area contributed by atoms with E-state index in [1.54, 1.807) is 0 Å². The summed E-state index contributed by atoms with van der Waals surface area (Å²) in [5, 5.41) is 2.92. The molecule has 2 fully saturated rings. The number of ether oxygens (including phenoxy) is 2. The van der Waals surface area contributed by atoms with Gasteiger partial charge in [0.25, 0.3) is 0 Å². The molecule has 18 heavy (non-hydrogen) atoms. The van der Waals surface area contributed by atoms with Crippen LogP contribution in [0.15, 0.2) is 0 Å². The van der Waals surface area contributed by atoms with E-state index in [1.807, 2.05) is 0 Å². The monoisotopic (exact) mass is 278 g/mol. The Hall–Kier alpha value is -0.360. The van der Waals surface area contributed by atoms with Crippen molar-refractivity contribution >= 4 is 18.3 Å². The van der Waals surface area contributed by atoms with E-state index < -0.39 is 5.54 Å². The molecule has 2 aliphatic heterocycles. The van der Waals surface area contributed by atoms with Crippen molar-refractivity contribution in [3.05, 3.63) is 0 Å². The second kappa shape index (κ2) is 7.28. The van der Waals surface area contributed by atoms with Gasteiger partial charge in [0, 0.05) is 26.4 Å². The van der Waals surface area contributed by atoms with Crippen molar-refractivity contribution in [1.29, 1.82) is 0 Å². The van der Waals surface area contributed by atoms with Crippen LogP contribution in [0.1, 0.15) is 32.1 Å². The predicted octanol–water partition coefficient (Wildman–Crippen LogP) is 0.601. The van der Waals surface area contributed by atoms with Crippen LogP contribution in [0.2, 0.25) is 0 Å². The van der Waals surface area contributed by atoms with E-state index in [0.29, 0.717) is 32.6 Å². The number of hydrogen-bond donors (Lipinski definition) is 2. The van der Waals surface area contributed by atoms with Crippen molar-refractivity contribution in [3.63, 3.8) is 0 Å². The van der Waals surface area contributed by atoms with Crippen LogP contribution in [0, 0.1) is 0 Å². The van der Waals surface area contributed by atoms with Crippen LogP contribution < -0.4 is 11.1 Å². The van der Waals surface area contributed by atoms with E-state index in [2.05, 4.69) is 5.32 Å². The topological polar surface area (TPSA) is 73.6 Å². The molecule has 3 N–H and O–H groups in total. The average Bonchev–Trinajstić information content (AvgIpc) is 2.38. The Labute approximate surface area is 114 Å². The first kappa shape index (κ1) is 15.7. The summed E-state index contributed by atoms with van der Waals surface area (Å²) in [5.74, 6) is -0.0602. The van der Waals surface area contributed by atoms with Gasteiger partial charge in [-0.2, -0.15) is 0 Å². The van der Waals surface area contributed by atoms with Gasteiger partial charge < -0.3 is 20.5 Å². The Balaban J connectivity index is 0.00000162. The zero-order valence-electron chi connectivity index (χ0n) is 10.7. The Morgan fingerprint density at radius 1 is 1.28 bits per heavy atom. The molecule has 1 atom stereocenters. The minimum Gasteiger partial charge on any atom is -0.381 e. The quantitative estimate of drug-likeness (QED) is 0.793. The number of carbonyl (C=O) groups is 1. The van der Waals surface area contributed by atoms with Crippen molar-refractivity contribution in [2.45, 2.75) is 43.7 Å². The van der Waals surface area contributed by atoms with Gasteiger partial charge >= 0.3 is 0 Å². The SMILES string of the molecule is Cl.NC1(C(=O)NCC2CCCCO2)CCOCC1. The molecule has 6 heteroatoms. The predicted molar refractivity (Wildman–Crippen MR) is 70.8 cm³/mol. The maximum atomic E-state index is 12.0. The third-order valence-electron chi connectivity index (χ3n) is 3.60. The maximum absolute atomic E-state index is 12.0. The van der Waals surface area contributed by atoms with Crippen LogP contribution >= 0.6 is 12.4 Å². The number of nitrogens with one attached hydrogen (secondary N) is 1. The minimum absolute atomic E-state index is 0. The fraction of sp³-hybridized carbons (Fsp3) is 0.917. The molecule has 106 valence electrons. The summed E-state index contributed by atoms with van der Waals surface area (Å²) in [4.78, 5) is 12.0. The van der Waals surface area contributed by atoms with Crippen molar-refractivity contribution in [2.24, 2.45) is 5.73 Å². The molecule has 0 saturated carbocycles. The van der Waals surface area contributed by atoms with Crippen LogP contribution in [0.4, 0.5) is 0 Å². The van der Waals surface area contributed by atoms with E-state index in [9.17, 15) is 4.79 Å². The fourth-order valence-electron chi connectivity index (χ4n) is 2.31. The number of halogens is 1. The molecule has 0 aromatic heterocycles. The van der Waals surface area contributed by atoms with E-state index in [4.69, 9.17) is 15.2 Å². The number of nitrogens with two attached hydrogens (primary N) is 1. The molecule has 2 heterocycles. The first-order chi connectivity index (χ1) is 8.21. The van der Waals surface area contributed by atoms with E-state index >= 15 is 0 Å². The van der Waals surface area contributed by atoms with Gasteiger partial charge in [-0.25, -0.2) is 0 Å². The third-order valence-corrected chi connectivity index (χ3v) is 3.60. The first-order valence-corrected chi connectivity index (χ1v) is 6.47. The molecule has 5 nitrogen and oxygen atoms in total. The summed E-state index contributed by atoms with van der Waals surface area (Å²) in [5.41, 5.74) is 5.34. The second-order valence-electron chi connectivity index (χ2n) is 4.97. The lowest BCUT2D eigenvalue weighted by atomic mass is 9.90. The van der Waals surface area contributed by atoms with Gasteiger partial charge in [-0.05, 0) is 32.1 Å². The Morgan fingerprint density at radius 3 is 2.61 bits per heavy atom. The number of hydrogen-bond acceptors (Lipinski definition) is 4. The molecule has 0 bridgehead atoms. The fourth-order valence-corrected chi connectivity index (χ4v) is 2.31. The lowest BCUT2D eigenvalue weighted by molar-refractivity contribution is -0.130. The van der Waals surface area contributed by atoms with Gasteiger partial charge in [0.15, 0.2) is 0 Å². The largest absolute Gasteiger partial charge is 0.381 e. The smallest absolute Gasteiger partial charge is 0.240 e. The van der Waals surface area contributed by atoms with Crippen LogP contribution in [-0.4, -0.2) is 43.9 Å². The highest BCUT2D eigenvalue weighted by molar-refractivity contribution is 5.86. The van der Waals surface area contributed by atoms with Gasteiger partial charge in [0.2, 0.25) is 5.91 Å². The summed E-state index contributed by atoms with van der Waals surface area (Å²) in [7, 11) is 0. The zero-order valence-corrected chi connectivity index (χ0v) is 11.5. The first-order valence-electron chi connectivity index (χ1n) is 6.47. The summed E-state index contributed by atoms with van der Waals surface area (Å²) in [6.07, 6.45) is 4.71. The highest BCUT2D eigenvalue weighted by Gasteiger charge is 2.35. The molecule has 2 rings (SSSR count). The standard InChI is InChI=1S/C12H22N2O3.ClH/c13-12(4-7-16-8-5-12)11(15)14-9-10-3-1-2-6-17-10;/h10H,1-9,13H2,(H,14,15);1H. The number of carbonyl (C=O) groups excluding carboxylic acids is 1. The normalized spacial score (nSPS) is 27.1. The van der Waals surface area contributed by atoms with Crippen LogP contribution in [-0.2, 0) is 14.3 Å². The van der Waals surface area contributed by atoms with Crippen LogP contribution in [0.25, 0.3) is 0 Å². The molecule has 0 spiro atoms. The van der Waals surface area contributed by atoms with Gasteiger partial charge in [-0.15, -0.1) is 12.4 Å². The van der Waals surface area contributed by atoms with Crippen molar-refractivity contribution < 1.29 is 14.3 Å². The van der Waals surface area contributed by atoms with Crippen LogP contribution in [0.3, 0.4) is 0 Å². The lowest BCUT2D eigenvalue weighted by Crippen LogP contribution is -2.57. The molecule has 1 amide bonds. The molecule has 1 unspecified atom stereocenters. The van der Waals surface area contributed by atoms with Gasteiger partial charge in [-0.3, -0.25) is 4.79 Å². The molecule has 0 aromatic rings. The van der Waals surface area contributed by atoms with E-state index in [1.165, 1.54) is 6.42 Å². The van der Waals surface area contributed by atoms with E-state index in [-0.39, 0.29) is 24.4 Å². The molecule has 0 aromatic carbocycles. The molecule has 2 aliphatic rings. The summed E-state index contributed by atoms with van der Waals surface area (Å²) < 4.78 is 10.8. The molecule has 0 aliphatic carbocycles. The Kier molecular flexibility index (Phi) is 6.35. The highest BCUT2D eigenvalue weighted by atomic mass is 35.5. The molecular formula is C12H23ClN2O3. The number of rotatable bonds is 3. The maximum Gasteiger partial charge on any atom is 0.240 e. The van der Waals surface area contributed by atoms with Crippen molar-refractivity contribution in [1.82, 2.24) is 5.32 Å². The van der Waals surface area contributed by atoms with Gasteiger partial charge in [-0.1, -0.05) is 0 Å². The van der Waals surface area contributed by atoms with Gasteiger partial charge in [0.1, 0.15) is 0 Å². The minimum atomic E-state index is -0.743. The molecule has 2 saturated heterocycles. The second-order valence-corrected chi connectivity index (χ2v) is 4.97. The summed E-state index contributed by atoms with van der Waals surface area (Å²) in [6, 6.07) is 0. The average molecular weight is 279 g/mol. The van der Waals surface area contributed by atoms with E-state index in [0.717, 1.165) is 19.4 Å². The number of amides is 1. The van der Waals surface area contributed by atoms with Crippen molar-refractivity contribution in [2.75, 3.05) is 26.4 Å². The van der Waals surface area contributed by atoms with Gasteiger partial charge in [0.05, 0.1) is 11.6 Å². The summed E-state index contributed by atoms with van der Waals surface area (Å²) >= 11 is 0. The van der Waals surface area contributed by atoms with Crippen molar-refractivity contribution in [3.8, 4) is 0 Å². The van der Waals surface area contributed by atoms with Crippen LogP contribution in [0.5, 0.6) is 0 Å². The molecular weight excluding hydrogens is 256 g/mol. The molecule has 0 radical (unpaired) electrons.